The first-order valence-corrected chi connectivity index (χ1v) is 4.42. The third kappa shape index (κ3) is 1.46. The van der Waals surface area contributed by atoms with Crippen LogP contribution in [0.3, 0.4) is 0 Å². The van der Waals surface area contributed by atoms with E-state index in [1.807, 2.05) is 6.92 Å². The van der Waals surface area contributed by atoms with Crippen molar-refractivity contribution in [2.75, 3.05) is 7.11 Å². The van der Waals surface area contributed by atoms with Crippen LogP contribution in [-0.2, 0) is 9.53 Å². The van der Waals surface area contributed by atoms with Crippen molar-refractivity contribution in [2.45, 2.75) is 38.2 Å². The Hall–Kier alpha value is -0.570. The Morgan fingerprint density at radius 1 is 1.58 bits per heavy atom. The van der Waals surface area contributed by atoms with Crippen molar-refractivity contribution in [3.8, 4) is 0 Å². The highest BCUT2D eigenvalue weighted by atomic mass is 16.5. The predicted octanol–water partition coefficient (Wildman–Crippen LogP) is 1.10. The van der Waals surface area contributed by atoms with Crippen molar-refractivity contribution in [3.63, 3.8) is 0 Å². The van der Waals surface area contributed by atoms with Gasteiger partial charge in [0.1, 0.15) is 0 Å². The van der Waals surface area contributed by atoms with E-state index in [1.54, 1.807) is 0 Å². The van der Waals surface area contributed by atoms with Crippen LogP contribution in [0.25, 0.3) is 0 Å². The highest BCUT2D eigenvalue weighted by Gasteiger charge is 2.43. The van der Waals surface area contributed by atoms with Crippen molar-refractivity contribution in [1.82, 2.24) is 0 Å². The average molecular weight is 172 g/mol. The standard InChI is InChI=1S/C9H16O3/c1-7-5-3-4-6-9(7,11)8(10)12-2/h7,11H,3-6H2,1-2H3. The number of methoxy groups -OCH3 is 1. The van der Waals surface area contributed by atoms with Gasteiger partial charge in [-0.05, 0) is 25.2 Å². The summed E-state index contributed by atoms with van der Waals surface area (Å²) >= 11 is 0. The Morgan fingerprint density at radius 2 is 2.25 bits per heavy atom. The van der Waals surface area contributed by atoms with E-state index in [0.29, 0.717) is 6.42 Å². The van der Waals surface area contributed by atoms with Crippen molar-refractivity contribution in [1.29, 1.82) is 0 Å². The Bertz CT molecular complexity index is 179. The van der Waals surface area contributed by atoms with E-state index < -0.39 is 11.6 Å². The molecule has 70 valence electrons. The quantitative estimate of drug-likeness (QED) is 0.602. The second kappa shape index (κ2) is 3.44. The highest BCUT2D eigenvalue weighted by Crippen LogP contribution is 2.34. The molecule has 1 aliphatic carbocycles. The first kappa shape index (κ1) is 9.52. The SMILES string of the molecule is COC(=O)C1(O)CCCCC1C. The molecule has 1 aliphatic rings. The van der Waals surface area contributed by atoms with Crippen LogP contribution in [0.4, 0.5) is 0 Å². The third-order valence-corrected chi connectivity index (χ3v) is 2.80. The van der Waals surface area contributed by atoms with E-state index >= 15 is 0 Å². The summed E-state index contributed by atoms with van der Waals surface area (Å²) in [5, 5.41) is 9.93. The molecule has 0 heterocycles. The normalized spacial score (nSPS) is 36.1. The fraction of sp³-hybridized carbons (Fsp3) is 0.889. The molecule has 0 aromatic heterocycles. The molecule has 0 aromatic carbocycles. The second-order valence-electron chi connectivity index (χ2n) is 3.56. The number of carbonyl (C=O) groups excluding carboxylic acids is 1. The molecule has 3 nitrogen and oxygen atoms in total. The molecule has 0 aromatic rings. The van der Waals surface area contributed by atoms with Crippen LogP contribution in [0.15, 0.2) is 0 Å². The summed E-state index contributed by atoms with van der Waals surface area (Å²) in [4.78, 5) is 11.2. The molecule has 2 atom stereocenters. The zero-order valence-electron chi connectivity index (χ0n) is 7.67. The fourth-order valence-electron chi connectivity index (χ4n) is 1.81. The van der Waals surface area contributed by atoms with E-state index in [-0.39, 0.29) is 5.92 Å². The maximum absolute atomic E-state index is 11.2. The van der Waals surface area contributed by atoms with E-state index in [2.05, 4.69) is 4.74 Å². The smallest absolute Gasteiger partial charge is 0.338 e. The highest BCUT2D eigenvalue weighted by molar-refractivity contribution is 5.79. The van der Waals surface area contributed by atoms with Gasteiger partial charge in [0.15, 0.2) is 5.60 Å². The largest absolute Gasteiger partial charge is 0.467 e. The van der Waals surface area contributed by atoms with Crippen LogP contribution in [-0.4, -0.2) is 23.8 Å². The van der Waals surface area contributed by atoms with Gasteiger partial charge in [-0.15, -0.1) is 0 Å². The summed E-state index contributed by atoms with van der Waals surface area (Å²) in [6.45, 7) is 1.90. The molecule has 0 radical (unpaired) electrons. The van der Waals surface area contributed by atoms with Gasteiger partial charge >= 0.3 is 5.97 Å². The van der Waals surface area contributed by atoms with Gasteiger partial charge in [-0.1, -0.05) is 13.3 Å². The number of esters is 1. The third-order valence-electron chi connectivity index (χ3n) is 2.80. The van der Waals surface area contributed by atoms with Gasteiger partial charge in [-0.3, -0.25) is 0 Å². The Balaban J connectivity index is 2.72. The van der Waals surface area contributed by atoms with Crippen molar-refractivity contribution in [3.05, 3.63) is 0 Å². The maximum atomic E-state index is 11.2. The van der Waals surface area contributed by atoms with Gasteiger partial charge in [0.2, 0.25) is 0 Å². The molecule has 0 spiro atoms. The zero-order chi connectivity index (χ0) is 9.19. The Morgan fingerprint density at radius 3 is 2.75 bits per heavy atom. The summed E-state index contributed by atoms with van der Waals surface area (Å²) in [7, 11) is 1.32. The summed E-state index contributed by atoms with van der Waals surface area (Å²) in [5.41, 5.74) is -1.22. The van der Waals surface area contributed by atoms with Gasteiger partial charge in [0, 0.05) is 0 Å². The van der Waals surface area contributed by atoms with E-state index in [4.69, 9.17) is 0 Å². The monoisotopic (exact) mass is 172 g/mol. The second-order valence-corrected chi connectivity index (χ2v) is 3.56. The van der Waals surface area contributed by atoms with Crippen molar-refractivity contribution in [2.24, 2.45) is 5.92 Å². The van der Waals surface area contributed by atoms with Crippen LogP contribution in [0.1, 0.15) is 32.6 Å². The molecular weight excluding hydrogens is 156 g/mol. The van der Waals surface area contributed by atoms with Gasteiger partial charge in [0.25, 0.3) is 0 Å². The van der Waals surface area contributed by atoms with E-state index in [1.165, 1.54) is 7.11 Å². The molecule has 12 heavy (non-hydrogen) atoms. The number of aliphatic hydroxyl groups is 1. The number of hydrogen-bond acceptors (Lipinski definition) is 3. The number of carbonyl (C=O) groups is 1. The van der Waals surface area contributed by atoms with Crippen LogP contribution < -0.4 is 0 Å². The van der Waals surface area contributed by atoms with Crippen LogP contribution in [0.5, 0.6) is 0 Å². The minimum absolute atomic E-state index is 0.0266. The Labute approximate surface area is 72.7 Å². The molecule has 0 aliphatic heterocycles. The summed E-state index contributed by atoms with van der Waals surface area (Å²) in [6.07, 6.45) is 3.46. The maximum Gasteiger partial charge on any atom is 0.338 e. The average Bonchev–Trinajstić information content (AvgIpc) is 2.09. The Kier molecular flexibility index (Phi) is 2.73. The number of rotatable bonds is 1. The molecule has 2 unspecified atom stereocenters. The van der Waals surface area contributed by atoms with Crippen LogP contribution in [0, 0.1) is 5.92 Å². The van der Waals surface area contributed by atoms with Gasteiger partial charge in [0.05, 0.1) is 7.11 Å². The lowest BCUT2D eigenvalue weighted by Gasteiger charge is -2.35. The molecule has 0 amide bonds. The van der Waals surface area contributed by atoms with Crippen molar-refractivity contribution < 1.29 is 14.6 Å². The lowest BCUT2D eigenvalue weighted by Crippen LogP contribution is -2.47. The fourth-order valence-corrected chi connectivity index (χ4v) is 1.81. The lowest BCUT2D eigenvalue weighted by molar-refractivity contribution is -0.171. The minimum atomic E-state index is -1.22. The molecular formula is C9H16O3. The summed E-state index contributed by atoms with van der Waals surface area (Å²) in [6, 6.07) is 0. The predicted molar refractivity (Wildman–Crippen MR) is 44.6 cm³/mol. The molecule has 1 fully saturated rings. The van der Waals surface area contributed by atoms with Crippen LogP contribution in [0.2, 0.25) is 0 Å². The molecule has 0 bridgehead atoms. The molecule has 1 N–H and O–H groups in total. The zero-order valence-corrected chi connectivity index (χ0v) is 7.67. The minimum Gasteiger partial charge on any atom is -0.467 e. The first-order valence-electron chi connectivity index (χ1n) is 4.42. The topological polar surface area (TPSA) is 46.5 Å². The molecule has 3 heteroatoms. The molecule has 1 saturated carbocycles. The molecule has 1 rings (SSSR count). The number of ether oxygens (including phenoxy) is 1. The van der Waals surface area contributed by atoms with Gasteiger partial charge in [-0.2, -0.15) is 0 Å². The van der Waals surface area contributed by atoms with Crippen LogP contribution >= 0.6 is 0 Å². The van der Waals surface area contributed by atoms with Crippen molar-refractivity contribution >= 4 is 5.97 Å². The number of hydrogen-bond donors (Lipinski definition) is 1. The van der Waals surface area contributed by atoms with E-state index in [0.717, 1.165) is 19.3 Å². The van der Waals surface area contributed by atoms with Gasteiger partial charge < -0.3 is 9.84 Å². The summed E-state index contributed by atoms with van der Waals surface area (Å²) in [5.74, 6) is -0.451. The summed E-state index contributed by atoms with van der Waals surface area (Å²) < 4.78 is 4.57. The first-order chi connectivity index (χ1) is 5.61. The van der Waals surface area contributed by atoms with E-state index in [9.17, 15) is 9.90 Å². The van der Waals surface area contributed by atoms with Gasteiger partial charge in [-0.25, -0.2) is 4.79 Å². The molecule has 0 saturated heterocycles. The lowest BCUT2D eigenvalue weighted by atomic mass is 9.76.